The molecule has 1 rings (SSSR count). The summed E-state index contributed by atoms with van der Waals surface area (Å²) < 4.78 is 2.17. The summed E-state index contributed by atoms with van der Waals surface area (Å²) >= 11 is 0. The minimum absolute atomic E-state index is 0.558. The molecule has 0 amide bonds. The molecule has 1 aromatic rings. The van der Waals surface area contributed by atoms with Gasteiger partial charge < -0.3 is 9.88 Å². The SMILES string of the molecule is CCCC(CC)Nc1nc(C)cn1CC. The van der Waals surface area contributed by atoms with Crippen molar-refractivity contribution >= 4 is 5.95 Å². The van der Waals surface area contributed by atoms with Crippen molar-refractivity contribution in [3.05, 3.63) is 11.9 Å². The number of hydrogen-bond donors (Lipinski definition) is 1. The molecule has 3 heteroatoms. The lowest BCUT2D eigenvalue weighted by Gasteiger charge is -2.17. The van der Waals surface area contributed by atoms with E-state index < -0.39 is 0 Å². The van der Waals surface area contributed by atoms with Gasteiger partial charge in [-0.25, -0.2) is 4.98 Å². The van der Waals surface area contributed by atoms with Crippen LogP contribution in [0.4, 0.5) is 5.95 Å². The zero-order valence-electron chi connectivity index (χ0n) is 10.4. The third-order valence-corrected chi connectivity index (χ3v) is 2.70. The Labute approximate surface area is 92.9 Å². The molecule has 0 aliphatic carbocycles. The van der Waals surface area contributed by atoms with Crippen molar-refractivity contribution in [3.63, 3.8) is 0 Å². The monoisotopic (exact) mass is 209 g/mol. The second-order valence-corrected chi connectivity index (χ2v) is 4.03. The molecule has 86 valence electrons. The van der Waals surface area contributed by atoms with Crippen LogP contribution in [0.1, 0.15) is 45.7 Å². The van der Waals surface area contributed by atoms with E-state index in [2.05, 4.69) is 41.8 Å². The van der Waals surface area contributed by atoms with E-state index >= 15 is 0 Å². The molecule has 1 atom stereocenters. The molecular formula is C12H23N3. The second kappa shape index (κ2) is 5.79. The smallest absolute Gasteiger partial charge is 0.203 e. The Kier molecular flexibility index (Phi) is 4.66. The lowest BCUT2D eigenvalue weighted by molar-refractivity contribution is 0.609. The highest BCUT2D eigenvalue weighted by Crippen LogP contribution is 2.13. The Balaban J connectivity index is 2.68. The summed E-state index contributed by atoms with van der Waals surface area (Å²) in [6.07, 6.45) is 5.69. The molecule has 0 aliphatic rings. The van der Waals surface area contributed by atoms with Gasteiger partial charge >= 0.3 is 0 Å². The lowest BCUT2D eigenvalue weighted by Crippen LogP contribution is -2.20. The van der Waals surface area contributed by atoms with Gasteiger partial charge in [0, 0.05) is 18.8 Å². The van der Waals surface area contributed by atoms with E-state index in [-0.39, 0.29) is 0 Å². The average molecular weight is 209 g/mol. The molecule has 0 aliphatic heterocycles. The number of nitrogens with zero attached hydrogens (tertiary/aromatic N) is 2. The first-order chi connectivity index (χ1) is 7.21. The average Bonchev–Trinajstić information content (AvgIpc) is 2.58. The van der Waals surface area contributed by atoms with Gasteiger partial charge in [-0.1, -0.05) is 20.3 Å². The fourth-order valence-corrected chi connectivity index (χ4v) is 1.81. The van der Waals surface area contributed by atoms with Gasteiger partial charge in [0.15, 0.2) is 0 Å². The van der Waals surface area contributed by atoms with E-state index in [0.717, 1.165) is 24.6 Å². The van der Waals surface area contributed by atoms with Crippen molar-refractivity contribution in [1.29, 1.82) is 0 Å². The molecule has 15 heavy (non-hydrogen) atoms. The normalized spacial score (nSPS) is 12.8. The Morgan fingerprint density at radius 1 is 1.40 bits per heavy atom. The topological polar surface area (TPSA) is 29.9 Å². The number of nitrogens with one attached hydrogen (secondary N) is 1. The molecule has 0 bridgehead atoms. The molecule has 1 heterocycles. The Morgan fingerprint density at radius 3 is 2.67 bits per heavy atom. The van der Waals surface area contributed by atoms with Crippen LogP contribution in [0.2, 0.25) is 0 Å². The summed E-state index contributed by atoms with van der Waals surface area (Å²) in [5, 5.41) is 3.52. The number of imidazole rings is 1. The van der Waals surface area contributed by atoms with Crippen LogP contribution in [-0.2, 0) is 6.54 Å². The first kappa shape index (κ1) is 12.1. The van der Waals surface area contributed by atoms with Crippen LogP contribution < -0.4 is 5.32 Å². The molecule has 1 N–H and O–H groups in total. The highest BCUT2D eigenvalue weighted by atomic mass is 15.2. The summed E-state index contributed by atoms with van der Waals surface area (Å²) in [5.41, 5.74) is 1.09. The second-order valence-electron chi connectivity index (χ2n) is 4.03. The predicted octanol–water partition coefficient (Wildman–Crippen LogP) is 3.20. The third-order valence-electron chi connectivity index (χ3n) is 2.70. The fraction of sp³-hybridized carbons (Fsp3) is 0.750. The highest BCUT2D eigenvalue weighted by molar-refractivity contribution is 5.30. The van der Waals surface area contributed by atoms with Crippen LogP contribution in [0, 0.1) is 6.92 Å². The number of hydrogen-bond acceptors (Lipinski definition) is 2. The van der Waals surface area contributed by atoms with Crippen molar-refractivity contribution in [2.24, 2.45) is 0 Å². The van der Waals surface area contributed by atoms with Gasteiger partial charge in [0.1, 0.15) is 0 Å². The quantitative estimate of drug-likeness (QED) is 0.779. The van der Waals surface area contributed by atoms with Crippen molar-refractivity contribution in [2.45, 2.75) is 59.5 Å². The molecule has 0 aromatic carbocycles. The first-order valence-corrected chi connectivity index (χ1v) is 6.01. The summed E-state index contributed by atoms with van der Waals surface area (Å²) in [4.78, 5) is 4.50. The summed E-state index contributed by atoms with van der Waals surface area (Å²) in [5.74, 6) is 1.02. The zero-order valence-corrected chi connectivity index (χ0v) is 10.4. The largest absolute Gasteiger partial charge is 0.353 e. The van der Waals surface area contributed by atoms with Crippen molar-refractivity contribution in [3.8, 4) is 0 Å². The van der Waals surface area contributed by atoms with Gasteiger partial charge in [-0.3, -0.25) is 0 Å². The van der Waals surface area contributed by atoms with Gasteiger partial charge in [-0.2, -0.15) is 0 Å². The van der Waals surface area contributed by atoms with Crippen LogP contribution in [0.15, 0.2) is 6.20 Å². The summed E-state index contributed by atoms with van der Waals surface area (Å²) in [7, 11) is 0. The van der Waals surface area contributed by atoms with Gasteiger partial charge in [-0.05, 0) is 26.7 Å². The van der Waals surface area contributed by atoms with Crippen LogP contribution in [0.3, 0.4) is 0 Å². The molecule has 0 saturated carbocycles. The third kappa shape index (κ3) is 3.26. The van der Waals surface area contributed by atoms with E-state index in [1.807, 2.05) is 6.92 Å². The van der Waals surface area contributed by atoms with Gasteiger partial charge in [0.05, 0.1) is 5.69 Å². The van der Waals surface area contributed by atoms with Crippen LogP contribution in [0.5, 0.6) is 0 Å². The van der Waals surface area contributed by atoms with Gasteiger partial charge in [-0.15, -0.1) is 0 Å². The molecule has 1 aromatic heterocycles. The number of aryl methyl sites for hydroxylation is 2. The predicted molar refractivity (Wildman–Crippen MR) is 65.2 cm³/mol. The van der Waals surface area contributed by atoms with Gasteiger partial charge in [0.2, 0.25) is 5.95 Å². The molecule has 0 radical (unpaired) electrons. The highest BCUT2D eigenvalue weighted by Gasteiger charge is 2.09. The van der Waals surface area contributed by atoms with Crippen LogP contribution >= 0.6 is 0 Å². The molecule has 3 nitrogen and oxygen atoms in total. The Morgan fingerprint density at radius 2 is 2.13 bits per heavy atom. The van der Waals surface area contributed by atoms with E-state index in [0.29, 0.717) is 6.04 Å². The van der Waals surface area contributed by atoms with E-state index in [1.165, 1.54) is 12.8 Å². The first-order valence-electron chi connectivity index (χ1n) is 6.01. The summed E-state index contributed by atoms with van der Waals surface area (Å²) in [6, 6.07) is 0.558. The van der Waals surface area contributed by atoms with Crippen LogP contribution in [-0.4, -0.2) is 15.6 Å². The number of aromatic nitrogens is 2. The van der Waals surface area contributed by atoms with Crippen molar-refractivity contribution in [2.75, 3.05) is 5.32 Å². The Bertz CT molecular complexity index is 291. The maximum atomic E-state index is 4.50. The van der Waals surface area contributed by atoms with E-state index in [4.69, 9.17) is 0 Å². The molecule has 0 saturated heterocycles. The maximum Gasteiger partial charge on any atom is 0.203 e. The molecule has 0 fully saturated rings. The van der Waals surface area contributed by atoms with Crippen molar-refractivity contribution < 1.29 is 0 Å². The van der Waals surface area contributed by atoms with E-state index in [9.17, 15) is 0 Å². The zero-order chi connectivity index (χ0) is 11.3. The number of rotatable bonds is 6. The van der Waals surface area contributed by atoms with Crippen molar-refractivity contribution in [1.82, 2.24) is 9.55 Å². The van der Waals surface area contributed by atoms with E-state index in [1.54, 1.807) is 0 Å². The standard InChI is InChI=1S/C12H23N3/c1-5-8-11(6-2)14-12-13-10(4)9-15(12)7-3/h9,11H,5-8H2,1-4H3,(H,13,14). The minimum Gasteiger partial charge on any atom is -0.353 e. The Hall–Kier alpha value is -0.990. The van der Waals surface area contributed by atoms with Crippen LogP contribution in [0.25, 0.3) is 0 Å². The lowest BCUT2D eigenvalue weighted by atomic mass is 10.1. The fourth-order valence-electron chi connectivity index (χ4n) is 1.81. The minimum atomic E-state index is 0.558. The molecule has 0 spiro atoms. The van der Waals surface area contributed by atoms with Gasteiger partial charge in [0.25, 0.3) is 0 Å². The maximum absolute atomic E-state index is 4.50. The molecule has 1 unspecified atom stereocenters. The summed E-state index contributed by atoms with van der Waals surface area (Å²) in [6.45, 7) is 9.61. The molecular weight excluding hydrogens is 186 g/mol. The number of anilines is 1.